The Morgan fingerprint density at radius 2 is 1.89 bits per heavy atom. The van der Waals surface area contributed by atoms with E-state index in [1.54, 1.807) is 12.1 Å². The maximum absolute atomic E-state index is 12.8. The third kappa shape index (κ3) is 3.01. The van der Waals surface area contributed by atoms with E-state index in [0.717, 1.165) is 17.8 Å². The third-order valence-corrected chi connectivity index (χ3v) is 3.52. The van der Waals surface area contributed by atoms with Crippen molar-refractivity contribution >= 4 is 0 Å². The number of aryl methyl sites for hydroxylation is 2. The van der Waals surface area contributed by atoms with Gasteiger partial charge in [-0.25, -0.2) is 4.39 Å². The number of nitrogens with one attached hydrogen (secondary N) is 1. The van der Waals surface area contributed by atoms with Gasteiger partial charge in [-0.15, -0.1) is 0 Å². The van der Waals surface area contributed by atoms with Crippen LogP contribution in [0.5, 0.6) is 0 Å². The van der Waals surface area contributed by atoms with Crippen molar-refractivity contribution in [2.75, 3.05) is 0 Å². The molecule has 1 atom stereocenters. The molecule has 0 saturated carbocycles. The number of aromatic nitrogens is 2. The van der Waals surface area contributed by atoms with Crippen molar-refractivity contribution in [3.05, 3.63) is 52.6 Å². The molecule has 1 unspecified atom stereocenters. The van der Waals surface area contributed by atoms with Gasteiger partial charge in [-0.05, 0) is 38.5 Å². The van der Waals surface area contributed by atoms with Gasteiger partial charge in [-0.2, -0.15) is 5.10 Å². The van der Waals surface area contributed by atoms with Gasteiger partial charge in [-0.3, -0.25) is 4.68 Å². The molecule has 0 bridgehead atoms. The summed E-state index contributed by atoms with van der Waals surface area (Å²) in [6.07, 6.45) is 0. The Balaban J connectivity index is 2.05. The van der Waals surface area contributed by atoms with E-state index in [9.17, 15) is 4.39 Å². The van der Waals surface area contributed by atoms with Crippen LogP contribution in [0.1, 0.15) is 35.5 Å². The Bertz CT molecular complexity index is 558. The zero-order valence-electron chi connectivity index (χ0n) is 11.9. The second kappa shape index (κ2) is 5.53. The average Bonchev–Trinajstić information content (AvgIpc) is 2.62. The van der Waals surface area contributed by atoms with Gasteiger partial charge in [0.15, 0.2) is 0 Å². The lowest BCUT2D eigenvalue weighted by Crippen LogP contribution is -2.19. The van der Waals surface area contributed by atoms with Crippen LogP contribution in [0.15, 0.2) is 24.3 Å². The topological polar surface area (TPSA) is 29.9 Å². The van der Waals surface area contributed by atoms with Crippen LogP contribution in [-0.2, 0) is 13.6 Å². The fourth-order valence-electron chi connectivity index (χ4n) is 2.39. The smallest absolute Gasteiger partial charge is 0.123 e. The first-order valence-electron chi connectivity index (χ1n) is 6.47. The van der Waals surface area contributed by atoms with Crippen molar-refractivity contribution in [2.24, 2.45) is 7.05 Å². The van der Waals surface area contributed by atoms with Gasteiger partial charge in [0.2, 0.25) is 0 Å². The normalized spacial score (nSPS) is 12.7. The predicted molar refractivity (Wildman–Crippen MR) is 74.3 cm³/mol. The Hall–Kier alpha value is -1.68. The van der Waals surface area contributed by atoms with Crippen molar-refractivity contribution in [1.82, 2.24) is 15.1 Å². The lowest BCUT2D eigenvalue weighted by atomic mass is 10.1. The van der Waals surface area contributed by atoms with E-state index in [2.05, 4.69) is 24.3 Å². The lowest BCUT2D eigenvalue weighted by Gasteiger charge is -2.15. The fraction of sp³-hybridized carbons (Fsp3) is 0.400. The van der Waals surface area contributed by atoms with E-state index < -0.39 is 0 Å². The highest BCUT2D eigenvalue weighted by molar-refractivity contribution is 5.28. The molecule has 102 valence electrons. The van der Waals surface area contributed by atoms with E-state index in [1.807, 2.05) is 18.7 Å². The van der Waals surface area contributed by atoms with Crippen LogP contribution in [0.2, 0.25) is 0 Å². The summed E-state index contributed by atoms with van der Waals surface area (Å²) >= 11 is 0. The summed E-state index contributed by atoms with van der Waals surface area (Å²) in [5.74, 6) is -0.198. The van der Waals surface area contributed by atoms with E-state index in [0.29, 0.717) is 0 Å². The summed E-state index contributed by atoms with van der Waals surface area (Å²) in [6, 6.07) is 6.80. The minimum atomic E-state index is -0.198. The maximum atomic E-state index is 12.8. The first-order chi connectivity index (χ1) is 8.99. The Kier molecular flexibility index (Phi) is 4.00. The number of hydrogen-bond acceptors (Lipinski definition) is 2. The molecule has 1 heterocycles. The molecule has 4 heteroatoms. The largest absolute Gasteiger partial charge is 0.306 e. The molecule has 0 fully saturated rings. The molecule has 2 aromatic rings. The van der Waals surface area contributed by atoms with Gasteiger partial charge in [0.25, 0.3) is 0 Å². The van der Waals surface area contributed by atoms with Crippen molar-refractivity contribution in [2.45, 2.75) is 33.4 Å². The lowest BCUT2D eigenvalue weighted by molar-refractivity contribution is 0.567. The molecule has 0 spiro atoms. The quantitative estimate of drug-likeness (QED) is 0.916. The van der Waals surface area contributed by atoms with Crippen LogP contribution >= 0.6 is 0 Å². The van der Waals surface area contributed by atoms with E-state index in [4.69, 9.17) is 0 Å². The van der Waals surface area contributed by atoms with E-state index in [-0.39, 0.29) is 11.9 Å². The molecule has 1 aromatic heterocycles. The van der Waals surface area contributed by atoms with E-state index in [1.165, 1.54) is 23.4 Å². The zero-order valence-corrected chi connectivity index (χ0v) is 11.9. The predicted octanol–water partition coefficient (Wildman–Crippen LogP) is 3.03. The monoisotopic (exact) mass is 261 g/mol. The molecule has 0 amide bonds. The molecule has 2 rings (SSSR count). The molecule has 0 saturated heterocycles. The number of halogens is 1. The van der Waals surface area contributed by atoms with Gasteiger partial charge < -0.3 is 5.32 Å². The van der Waals surface area contributed by atoms with Gasteiger partial charge in [0.05, 0.1) is 5.69 Å². The zero-order chi connectivity index (χ0) is 14.0. The van der Waals surface area contributed by atoms with Crippen LogP contribution in [0.25, 0.3) is 0 Å². The standard InChI is InChI=1S/C15H20FN3/c1-10(15-11(2)18-19(4)12(15)3)17-9-13-5-7-14(16)8-6-13/h5-8,10,17H,9H2,1-4H3. The third-order valence-electron chi connectivity index (χ3n) is 3.52. The highest BCUT2D eigenvalue weighted by Gasteiger charge is 2.15. The molecule has 19 heavy (non-hydrogen) atoms. The Labute approximate surface area is 113 Å². The average molecular weight is 261 g/mol. The van der Waals surface area contributed by atoms with Crippen LogP contribution in [0, 0.1) is 19.7 Å². The van der Waals surface area contributed by atoms with Crippen LogP contribution < -0.4 is 5.32 Å². The molecule has 0 aliphatic carbocycles. The highest BCUT2D eigenvalue weighted by atomic mass is 19.1. The highest BCUT2D eigenvalue weighted by Crippen LogP contribution is 2.20. The minimum absolute atomic E-state index is 0.198. The van der Waals surface area contributed by atoms with Crippen LogP contribution in [0.3, 0.4) is 0 Å². The van der Waals surface area contributed by atoms with Gasteiger partial charge in [0, 0.05) is 30.9 Å². The number of benzene rings is 1. The Morgan fingerprint density at radius 1 is 1.26 bits per heavy atom. The van der Waals surface area contributed by atoms with Crippen LogP contribution in [0.4, 0.5) is 4.39 Å². The van der Waals surface area contributed by atoms with Crippen molar-refractivity contribution in [1.29, 1.82) is 0 Å². The first kappa shape index (κ1) is 13.7. The first-order valence-corrected chi connectivity index (χ1v) is 6.47. The fourth-order valence-corrected chi connectivity index (χ4v) is 2.39. The molecule has 0 aliphatic rings. The van der Waals surface area contributed by atoms with Crippen LogP contribution in [-0.4, -0.2) is 9.78 Å². The van der Waals surface area contributed by atoms with E-state index >= 15 is 0 Å². The summed E-state index contributed by atoms with van der Waals surface area (Å²) in [6.45, 7) is 6.94. The molecule has 0 aliphatic heterocycles. The maximum Gasteiger partial charge on any atom is 0.123 e. The molecule has 1 aromatic carbocycles. The number of hydrogen-bond donors (Lipinski definition) is 1. The summed E-state index contributed by atoms with van der Waals surface area (Å²) in [7, 11) is 1.96. The molecular weight excluding hydrogens is 241 g/mol. The summed E-state index contributed by atoms with van der Waals surface area (Å²) < 4.78 is 14.7. The van der Waals surface area contributed by atoms with Gasteiger partial charge in [0.1, 0.15) is 5.82 Å². The second-order valence-electron chi connectivity index (χ2n) is 4.94. The number of nitrogens with zero attached hydrogens (tertiary/aromatic N) is 2. The van der Waals surface area contributed by atoms with Gasteiger partial charge >= 0.3 is 0 Å². The second-order valence-corrected chi connectivity index (χ2v) is 4.94. The molecule has 0 radical (unpaired) electrons. The van der Waals surface area contributed by atoms with Gasteiger partial charge in [-0.1, -0.05) is 12.1 Å². The SMILES string of the molecule is Cc1nn(C)c(C)c1C(C)NCc1ccc(F)cc1. The minimum Gasteiger partial charge on any atom is -0.306 e. The number of rotatable bonds is 4. The van der Waals surface area contributed by atoms with Crippen molar-refractivity contribution < 1.29 is 4.39 Å². The molecular formula is C15H20FN3. The summed E-state index contributed by atoms with van der Waals surface area (Å²) in [5.41, 5.74) is 4.55. The summed E-state index contributed by atoms with van der Waals surface area (Å²) in [4.78, 5) is 0. The molecule has 3 nitrogen and oxygen atoms in total. The summed E-state index contributed by atoms with van der Waals surface area (Å²) in [5, 5.41) is 7.88. The van der Waals surface area contributed by atoms with Crippen molar-refractivity contribution in [3.63, 3.8) is 0 Å². The Morgan fingerprint density at radius 3 is 2.42 bits per heavy atom. The molecule has 1 N–H and O–H groups in total. The van der Waals surface area contributed by atoms with Crippen molar-refractivity contribution in [3.8, 4) is 0 Å².